The molecule has 14 heavy (non-hydrogen) atoms. The average molecular weight is 308 g/mol. The molecule has 0 aliphatic heterocycles. The molecule has 0 aromatic heterocycles. The van der Waals surface area contributed by atoms with Crippen LogP contribution in [-0.2, 0) is 9.53 Å². The van der Waals surface area contributed by atoms with Gasteiger partial charge in [-0.15, -0.1) is 0 Å². The minimum Gasteiger partial charge on any atom is -0.466 e. The second-order valence-corrected chi connectivity index (χ2v) is 4.81. The van der Waals surface area contributed by atoms with E-state index in [1.807, 2.05) is 6.92 Å². The van der Waals surface area contributed by atoms with Gasteiger partial charge in [0, 0.05) is 6.42 Å². The van der Waals surface area contributed by atoms with Crippen LogP contribution in [0.25, 0.3) is 0 Å². The molecule has 80 valence electrons. The quantitative estimate of drug-likeness (QED) is 0.574. The predicted octanol–water partition coefficient (Wildman–Crippen LogP) is 3.45. The van der Waals surface area contributed by atoms with Crippen LogP contribution in [0.15, 0.2) is 9.66 Å². The molecule has 0 saturated carbocycles. The Kier molecular flexibility index (Phi) is 5.52. The van der Waals surface area contributed by atoms with Crippen molar-refractivity contribution in [1.82, 2.24) is 0 Å². The van der Waals surface area contributed by atoms with Gasteiger partial charge in [-0.2, -0.15) is 0 Å². The Morgan fingerprint density at radius 3 is 3.07 bits per heavy atom. The van der Waals surface area contributed by atoms with Gasteiger partial charge in [0.25, 0.3) is 0 Å². The maximum atomic E-state index is 11.1. The van der Waals surface area contributed by atoms with Crippen LogP contribution in [0.1, 0.15) is 39.0 Å². The van der Waals surface area contributed by atoms with E-state index >= 15 is 0 Å². The molecule has 0 aromatic rings. The van der Waals surface area contributed by atoms with E-state index in [9.17, 15) is 4.79 Å². The van der Waals surface area contributed by atoms with Gasteiger partial charge in [-0.05, 0) is 64.7 Å². The minimum atomic E-state index is -0.0514. The molecule has 1 rings (SSSR count). The van der Waals surface area contributed by atoms with E-state index in [1.165, 1.54) is 16.4 Å². The van der Waals surface area contributed by atoms with Crippen molar-refractivity contribution >= 4 is 28.6 Å². The molecule has 1 atom stereocenters. The summed E-state index contributed by atoms with van der Waals surface area (Å²) in [5.41, 5.74) is 0. The van der Waals surface area contributed by atoms with Gasteiger partial charge in [0.05, 0.1) is 6.61 Å². The summed E-state index contributed by atoms with van der Waals surface area (Å²) >= 11 is 2.41. The van der Waals surface area contributed by atoms with Crippen molar-refractivity contribution in [2.24, 2.45) is 5.92 Å². The highest BCUT2D eigenvalue weighted by Gasteiger charge is 2.16. The van der Waals surface area contributed by atoms with Crippen LogP contribution in [0, 0.1) is 5.92 Å². The third-order valence-electron chi connectivity index (χ3n) is 2.48. The molecule has 0 saturated heterocycles. The summed E-state index contributed by atoms with van der Waals surface area (Å²) in [5.74, 6) is 0.662. The van der Waals surface area contributed by atoms with Gasteiger partial charge < -0.3 is 4.74 Å². The molecule has 0 heterocycles. The standard InChI is InChI=1S/C11H17IO2/c1-2-14-11(13)8-4-6-9-5-3-7-10(9)12/h7,9H,2-6,8H2,1H3/t9-/m0/s1. The Hall–Kier alpha value is -0.0600. The molecular weight excluding hydrogens is 291 g/mol. The summed E-state index contributed by atoms with van der Waals surface area (Å²) in [4.78, 5) is 11.1. The first-order valence-electron chi connectivity index (χ1n) is 5.25. The maximum Gasteiger partial charge on any atom is 0.305 e. The number of halogens is 1. The summed E-state index contributed by atoms with van der Waals surface area (Å²) in [6.45, 7) is 2.35. The first kappa shape index (κ1) is 12.0. The van der Waals surface area contributed by atoms with Crippen LogP contribution in [-0.4, -0.2) is 12.6 Å². The Labute approximate surface area is 99.2 Å². The van der Waals surface area contributed by atoms with E-state index in [0.717, 1.165) is 12.8 Å². The monoisotopic (exact) mass is 308 g/mol. The molecule has 0 spiro atoms. The lowest BCUT2D eigenvalue weighted by Crippen LogP contribution is -2.05. The first-order chi connectivity index (χ1) is 6.74. The maximum absolute atomic E-state index is 11.1. The van der Waals surface area contributed by atoms with Gasteiger partial charge in [0.2, 0.25) is 0 Å². The number of hydrogen-bond acceptors (Lipinski definition) is 2. The predicted molar refractivity (Wildman–Crippen MR) is 65.3 cm³/mol. The van der Waals surface area contributed by atoms with E-state index < -0.39 is 0 Å². The molecule has 0 amide bonds. The van der Waals surface area contributed by atoms with Crippen molar-refractivity contribution in [3.63, 3.8) is 0 Å². The molecule has 2 nitrogen and oxygen atoms in total. The van der Waals surface area contributed by atoms with E-state index in [-0.39, 0.29) is 5.97 Å². The Morgan fingerprint density at radius 2 is 2.50 bits per heavy atom. The molecule has 1 aliphatic carbocycles. The van der Waals surface area contributed by atoms with Gasteiger partial charge in [-0.3, -0.25) is 4.79 Å². The molecule has 0 fully saturated rings. The van der Waals surface area contributed by atoms with Crippen molar-refractivity contribution in [2.75, 3.05) is 6.61 Å². The average Bonchev–Trinajstić information content (AvgIpc) is 2.52. The first-order valence-corrected chi connectivity index (χ1v) is 6.33. The zero-order chi connectivity index (χ0) is 10.4. The summed E-state index contributed by atoms with van der Waals surface area (Å²) < 4.78 is 6.36. The zero-order valence-corrected chi connectivity index (χ0v) is 10.7. The van der Waals surface area contributed by atoms with Gasteiger partial charge in [-0.25, -0.2) is 0 Å². The van der Waals surface area contributed by atoms with E-state index in [1.54, 1.807) is 0 Å². The highest BCUT2D eigenvalue weighted by molar-refractivity contribution is 14.1. The minimum absolute atomic E-state index is 0.0514. The number of rotatable bonds is 5. The van der Waals surface area contributed by atoms with Gasteiger partial charge in [0.1, 0.15) is 0 Å². The molecule has 0 aromatic carbocycles. The van der Waals surface area contributed by atoms with Crippen molar-refractivity contribution < 1.29 is 9.53 Å². The Balaban J connectivity index is 2.09. The molecule has 3 heteroatoms. The van der Waals surface area contributed by atoms with Crippen molar-refractivity contribution in [3.8, 4) is 0 Å². The molecule has 0 unspecified atom stereocenters. The molecule has 1 aliphatic rings. The normalized spacial score (nSPS) is 20.7. The summed E-state index contributed by atoms with van der Waals surface area (Å²) in [7, 11) is 0. The highest BCUT2D eigenvalue weighted by Crippen LogP contribution is 2.34. The van der Waals surface area contributed by atoms with Crippen LogP contribution in [0.5, 0.6) is 0 Å². The number of carbonyl (C=O) groups excluding carboxylic acids is 1. The summed E-state index contributed by atoms with van der Waals surface area (Å²) in [6, 6.07) is 0. The fourth-order valence-electron chi connectivity index (χ4n) is 1.74. The van der Waals surface area contributed by atoms with Gasteiger partial charge in [0.15, 0.2) is 0 Å². The Morgan fingerprint density at radius 1 is 1.71 bits per heavy atom. The van der Waals surface area contributed by atoms with Crippen LogP contribution >= 0.6 is 22.6 Å². The van der Waals surface area contributed by atoms with Crippen molar-refractivity contribution in [1.29, 1.82) is 0 Å². The number of hydrogen-bond donors (Lipinski definition) is 0. The zero-order valence-electron chi connectivity index (χ0n) is 8.59. The fourth-order valence-corrected chi connectivity index (χ4v) is 2.67. The second-order valence-electron chi connectivity index (χ2n) is 3.56. The Bertz CT molecular complexity index is 223. The van der Waals surface area contributed by atoms with Crippen LogP contribution < -0.4 is 0 Å². The van der Waals surface area contributed by atoms with E-state index in [4.69, 9.17) is 4.74 Å². The molecule has 0 radical (unpaired) electrons. The number of esters is 1. The largest absolute Gasteiger partial charge is 0.466 e. The van der Waals surface area contributed by atoms with E-state index in [0.29, 0.717) is 18.9 Å². The highest BCUT2D eigenvalue weighted by atomic mass is 127. The van der Waals surface area contributed by atoms with E-state index in [2.05, 4.69) is 28.7 Å². The lowest BCUT2D eigenvalue weighted by Gasteiger charge is -2.09. The molecule has 0 bridgehead atoms. The second kappa shape index (κ2) is 6.43. The van der Waals surface area contributed by atoms with Gasteiger partial charge in [-0.1, -0.05) is 6.08 Å². The third kappa shape index (κ3) is 3.98. The van der Waals surface area contributed by atoms with Crippen LogP contribution in [0.4, 0.5) is 0 Å². The number of allylic oxidation sites excluding steroid dienone is 2. The summed E-state index contributed by atoms with van der Waals surface area (Å²) in [6.07, 6.45) is 7.45. The lowest BCUT2D eigenvalue weighted by molar-refractivity contribution is -0.143. The smallest absolute Gasteiger partial charge is 0.305 e. The number of carbonyl (C=O) groups is 1. The SMILES string of the molecule is CCOC(=O)CCC[C@@H]1CCC=C1I. The van der Waals surface area contributed by atoms with Crippen LogP contribution in [0.2, 0.25) is 0 Å². The topological polar surface area (TPSA) is 26.3 Å². The lowest BCUT2D eigenvalue weighted by atomic mass is 10.0. The van der Waals surface area contributed by atoms with Gasteiger partial charge >= 0.3 is 5.97 Å². The van der Waals surface area contributed by atoms with Crippen molar-refractivity contribution in [3.05, 3.63) is 9.66 Å². The number of ether oxygens (including phenoxy) is 1. The van der Waals surface area contributed by atoms with Crippen LogP contribution in [0.3, 0.4) is 0 Å². The molecule has 0 N–H and O–H groups in total. The molecular formula is C11H17IO2. The summed E-state index contributed by atoms with van der Waals surface area (Å²) in [5, 5.41) is 0. The third-order valence-corrected chi connectivity index (χ3v) is 3.80. The van der Waals surface area contributed by atoms with Crippen molar-refractivity contribution in [2.45, 2.75) is 39.0 Å². The fraction of sp³-hybridized carbons (Fsp3) is 0.727.